The highest BCUT2D eigenvalue weighted by Gasteiger charge is 2.35. The molecule has 1 aliphatic rings. The molecular weight excluding hydrogens is 164 g/mol. The second kappa shape index (κ2) is 4.64. The van der Waals surface area contributed by atoms with Crippen LogP contribution in [-0.4, -0.2) is 11.1 Å². The largest absolute Gasteiger partial charge is 0.481 e. The van der Waals surface area contributed by atoms with Crippen molar-refractivity contribution in [1.29, 1.82) is 0 Å². The van der Waals surface area contributed by atoms with Crippen LogP contribution in [0.25, 0.3) is 0 Å². The third-order valence-electron chi connectivity index (χ3n) is 2.91. The summed E-state index contributed by atoms with van der Waals surface area (Å²) < 4.78 is 0. The molecule has 0 amide bonds. The highest BCUT2D eigenvalue weighted by molar-refractivity contribution is 5.66. The van der Waals surface area contributed by atoms with Crippen LogP contribution in [0.5, 0.6) is 0 Å². The minimum Gasteiger partial charge on any atom is -0.481 e. The zero-order valence-corrected chi connectivity index (χ0v) is 8.62. The SMILES string of the molecule is CC(C)CCC1CC1CCC(=O)O. The highest BCUT2D eigenvalue weighted by atomic mass is 16.4. The van der Waals surface area contributed by atoms with E-state index in [0.29, 0.717) is 6.42 Å². The van der Waals surface area contributed by atoms with Crippen molar-refractivity contribution in [3.05, 3.63) is 0 Å². The van der Waals surface area contributed by atoms with Crippen molar-refractivity contribution in [2.24, 2.45) is 17.8 Å². The molecule has 0 aromatic rings. The van der Waals surface area contributed by atoms with Gasteiger partial charge in [0.05, 0.1) is 0 Å². The number of rotatable bonds is 6. The van der Waals surface area contributed by atoms with Gasteiger partial charge in [-0.2, -0.15) is 0 Å². The maximum atomic E-state index is 10.3. The molecule has 0 radical (unpaired) electrons. The summed E-state index contributed by atoms with van der Waals surface area (Å²) in [4.78, 5) is 10.3. The third kappa shape index (κ3) is 4.30. The van der Waals surface area contributed by atoms with Crippen LogP contribution in [0, 0.1) is 17.8 Å². The maximum Gasteiger partial charge on any atom is 0.303 e. The lowest BCUT2D eigenvalue weighted by Gasteiger charge is -2.02. The summed E-state index contributed by atoms with van der Waals surface area (Å²) in [6.07, 6.45) is 5.15. The van der Waals surface area contributed by atoms with E-state index in [1.54, 1.807) is 0 Å². The van der Waals surface area contributed by atoms with Gasteiger partial charge >= 0.3 is 5.97 Å². The summed E-state index contributed by atoms with van der Waals surface area (Å²) in [7, 11) is 0. The number of carboxylic acids is 1. The molecular formula is C11H20O2. The van der Waals surface area contributed by atoms with Crippen LogP contribution in [0.3, 0.4) is 0 Å². The van der Waals surface area contributed by atoms with Crippen molar-refractivity contribution in [1.82, 2.24) is 0 Å². The van der Waals surface area contributed by atoms with E-state index in [1.807, 2.05) is 0 Å². The Morgan fingerprint density at radius 2 is 2.00 bits per heavy atom. The fourth-order valence-electron chi connectivity index (χ4n) is 1.87. The molecule has 1 saturated carbocycles. The van der Waals surface area contributed by atoms with Gasteiger partial charge in [-0.15, -0.1) is 0 Å². The van der Waals surface area contributed by atoms with Crippen LogP contribution in [0.4, 0.5) is 0 Å². The lowest BCUT2D eigenvalue weighted by atomic mass is 10.0. The lowest BCUT2D eigenvalue weighted by Crippen LogP contribution is -1.96. The van der Waals surface area contributed by atoms with Crippen LogP contribution >= 0.6 is 0 Å². The quantitative estimate of drug-likeness (QED) is 0.689. The van der Waals surface area contributed by atoms with Crippen molar-refractivity contribution in [3.63, 3.8) is 0 Å². The molecule has 2 unspecified atom stereocenters. The fraction of sp³-hybridized carbons (Fsp3) is 0.909. The normalized spacial score (nSPS) is 26.4. The highest BCUT2D eigenvalue weighted by Crippen LogP contribution is 2.45. The first-order valence-electron chi connectivity index (χ1n) is 5.31. The van der Waals surface area contributed by atoms with Crippen LogP contribution in [0.15, 0.2) is 0 Å². The predicted octanol–water partition coefficient (Wildman–Crippen LogP) is 2.92. The van der Waals surface area contributed by atoms with Crippen LogP contribution in [-0.2, 0) is 4.79 Å². The van der Waals surface area contributed by atoms with Crippen molar-refractivity contribution in [2.75, 3.05) is 0 Å². The van der Waals surface area contributed by atoms with E-state index >= 15 is 0 Å². The zero-order valence-electron chi connectivity index (χ0n) is 8.62. The monoisotopic (exact) mass is 184 g/mol. The van der Waals surface area contributed by atoms with Gasteiger partial charge in [-0.3, -0.25) is 4.79 Å². The Kier molecular flexibility index (Phi) is 3.76. The number of carbonyl (C=O) groups is 1. The molecule has 0 spiro atoms. The molecule has 13 heavy (non-hydrogen) atoms. The van der Waals surface area contributed by atoms with E-state index in [1.165, 1.54) is 19.3 Å². The Balaban J connectivity index is 1.99. The fourth-order valence-corrected chi connectivity index (χ4v) is 1.87. The minimum absolute atomic E-state index is 0.364. The van der Waals surface area contributed by atoms with E-state index in [9.17, 15) is 4.79 Å². The molecule has 0 aromatic heterocycles. The molecule has 0 saturated heterocycles. The molecule has 1 aliphatic carbocycles. The van der Waals surface area contributed by atoms with Gasteiger partial charge in [0.15, 0.2) is 0 Å². The molecule has 2 heteroatoms. The summed E-state index contributed by atoms with van der Waals surface area (Å²) in [6.45, 7) is 4.49. The molecule has 1 fully saturated rings. The lowest BCUT2D eigenvalue weighted by molar-refractivity contribution is -0.137. The van der Waals surface area contributed by atoms with E-state index in [0.717, 1.165) is 24.2 Å². The summed E-state index contributed by atoms with van der Waals surface area (Å²) in [6, 6.07) is 0. The molecule has 0 aromatic carbocycles. The van der Waals surface area contributed by atoms with E-state index in [-0.39, 0.29) is 0 Å². The molecule has 1 N–H and O–H groups in total. The predicted molar refractivity (Wildman–Crippen MR) is 52.5 cm³/mol. The topological polar surface area (TPSA) is 37.3 Å². The summed E-state index contributed by atoms with van der Waals surface area (Å²) in [5.74, 6) is 1.73. The number of hydrogen-bond donors (Lipinski definition) is 1. The molecule has 0 bridgehead atoms. The zero-order chi connectivity index (χ0) is 9.84. The van der Waals surface area contributed by atoms with Gasteiger partial charge in [0.25, 0.3) is 0 Å². The van der Waals surface area contributed by atoms with Gasteiger partial charge in [0.2, 0.25) is 0 Å². The molecule has 2 atom stereocenters. The van der Waals surface area contributed by atoms with E-state index in [4.69, 9.17) is 5.11 Å². The molecule has 2 nitrogen and oxygen atoms in total. The van der Waals surface area contributed by atoms with Crippen molar-refractivity contribution in [3.8, 4) is 0 Å². The standard InChI is InChI=1S/C11H20O2/c1-8(2)3-4-9-7-10(9)5-6-11(12)13/h8-10H,3-7H2,1-2H3,(H,12,13). The average molecular weight is 184 g/mol. The molecule has 1 rings (SSSR count). The van der Waals surface area contributed by atoms with E-state index < -0.39 is 5.97 Å². The minimum atomic E-state index is -0.644. The first kappa shape index (κ1) is 10.6. The summed E-state index contributed by atoms with van der Waals surface area (Å²) in [5, 5.41) is 8.49. The number of carboxylic acid groups (broad SMARTS) is 1. The van der Waals surface area contributed by atoms with Crippen molar-refractivity contribution in [2.45, 2.75) is 46.0 Å². The Morgan fingerprint density at radius 3 is 2.54 bits per heavy atom. The Labute approximate surface area is 80.3 Å². The second-order valence-electron chi connectivity index (χ2n) is 4.66. The Bertz CT molecular complexity index is 175. The number of aliphatic carboxylic acids is 1. The van der Waals surface area contributed by atoms with Crippen LogP contribution in [0.1, 0.15) is 46.0 Å². The average Bonchev–Trinajstić information content (AvgIpc) is 2.76. The van der Waals surface area contributed by atoms with Gasteiger partial charge in [0, 0.05) is 6.42 Å². The maximum absolute atomic E-state index is 10.3. The number of hydrogen-bond acceptors (Lipinski definition) is 1. The summed E-state index contributed by atoms with van der Waals surface area (Å²) in [5.41, 5.74) is 0. The Morgan fingerprint density at radius 1 is 1.38 bits per heavy atom. The molecule has 76 valence electrons. The van der Waals surface area contributed by atoms with Gasteiger partial charge in [-0.1, -0.05) is 20.3 Å². The van der Waals surface area contributed by atoms with Crippen molar-refractivity contribution < 1.29 is 9.90 Å². The van der Waals surface area contributed by atoms with E-state index in [2.05, 4.69) is 13.8 Å². The van der Waals surface area contributed by atoms with Gasteiger partial charge in [0.1, 0.15) is 0 Å². The van der Waals surface area contributed by atoms with Crippen LogP contribution < -0.4 is 0 Å². The van der Waals surface area contributed by atoms with Crippen LogP contribution in [0.2, 0.25) is 0 Å². The first-order chi connectivity index (χ1) is 6.09. The third-order valence-corrected chi connectivity index (χ3v) is 2.91. The first-order valence-corrected chi connectivity index (χ1v) is 5.31. The van der Waals surface area contributed by atoms with Gasteiger partial charge in [-0.05, 0) is 37.0 Å². The smallest absolute Gasteiger partial charge is 0.303 e. The second-order valence-corrected chi connectivity index (χ2v) is 4.66. The molecule has 0 aliphatic heterocycles. The summed E-state index contributed by atoms with van der Waals surface area (Å²) >= 11 is 0. The van der Waals surface area contributed by atoms with Crippen molar-refractivity contribution >= 4 is 5.97 Å². The Hall–Kier alpha value is -0.530. The molecule has 0 heterocycles. The van der Waals surface area contributed by atoms with Gasteiger partial charge in [-0.25, -0.2) is 0 Å². The van der Waals surface area contributed by atoms with Gasteiger partial charge < -0.3 is 5.11 Å².